The molecule has 2 N–H and O–H groups in total. The maximum atomic E-state index is 13.5. The Hall–Kier alpha value is -1.32. The Morgan fingerprint density at radius 3 is 2.59 bits per heavy atom. The maximum Gasteiger partial charge on any atom is 0.211 e. The molecule has 0 unspecified atom stereocenters. The molecule has 0 saturated carbocycles. The number of nitrogens with zero attached hydrogens (tertiary/aromatic N) is 2. The molecule has 1 aromatic rings. The fraction of sp³-hybridized carbons (Fsp3) is 0.611. The highest BCUT2D eigenvalue weighted by Crippen LogP contribution is 2.19. The number of piperidine rings is 1. The van der Waals surface area contributed by atoms with Crippen LogP contribution in [0.25, 0.3) is 0 Å². The van der Waals surface area contributed by atoms with Crippen molar-refractivity contribution in [2.24, 2.45) is 10.9 Å². The van der Waals surface area contributed by atoms with Gasteiger partial charge in [-0.25, -0.2) is 17.1 Å². The summed E-state index contributed by atoms with van der Waals surface area (Å²) in [6.45, 7) is 2.47. The van der Waals surface area contributed by atoms with Crippen molar-refractivity contribution in [2.45, 2.75) is 25.1 Å². The van der Waals surface area contributed by atoms with Gasteiger partial charge in [0.05, 0.1) is 6.26 Å². The minimum atomic E-state index is -3.09. The molecule has 0 aromatic heterocycles. The summed E-state index contributed by atoms with van der Waals surface area (Å²) in [4.78, 5) is 4.24. The fourth-order valence-electron chi connectivity index (χ4n) is 3.14. The summed E-state index contributed by atoms with van der Waals surface area (Å²) in [7, 11) is -1.37. The summed E-state index contributed by atoms with van der Waals surface area (Å²) in [5.41, 5.74) is 2.04. The number of halogens is 1. The van der Waals surface area contributed by atoms with Crippen molar-refractivity contribution in [1.29, 1.82) is 0 Å². The molecule has 1 fully saturated rings. The molecule has 6 nitrogen and oxygen atoms in total. The molecule has 0 radical (unpaired) electrons. The number of rotatable bonds is 7. The second-order valence-corrected chi connectivity index (χ2v) is 9.61. The maximum absolute atomic E-state index is 13.5. The van der Waals surface area contributed by atoms with Crippen molar-refractivity contribution in [3.05, 3.63) is 35.1 Å². The van der Waals surface area contributed by atoms with Crippen LogP contribution in [0, 0.1) is 11.7 Å². The Morgan fingerprint density at radius 1 is 1.30 bits per heavy atom. The number of aliphatic imine (C=N–C) groups is 1. The smallest absolute Gasteiger partial charge is 0.211 e. The van der Waals surface area contributed by atoms with Crippen molar-refractivity contribution in [1.82, 2.24) is 14.9 Å². The summed E-state index contributed by atoms with van der Waals surface area (Å²) >= 11 is 1.66. The van der Waals surface area contributed by atoms with Gasteiger partial charge in [0.25, 0.3) is 0 Å². The third kappa shape index (κ3) is 6.97. The van der Waals surface area contributed by atoms with Gasteiger partial charge < -0.3 is 10.6 Å². The minimum absolute atomic E-state index is 0.217. The Kier molecular flexibility index (Phi) is 8.37. The van der Waals surface area contributed by atoms with E-state index in [0.29, 0.717) is 31.5 Å². The number of sulfonamides is 1. The first-order valence-corrected chi connectivity index (χ1v) is 12.2. The first-order chi connectivity index (χ1) is 12.8. The summed E-state index contributed by atoms with van der Waals surface area (Å²) < 4.78 is 38.1. The van der Waals surface area contributed by atoms with E-state index in [1.165, 1.54) is 12.3 Å². The first-order valence-electron chi connectivity index (χ1n) is 8.99. The predicted octanol–water partition coefficient (Wildman–Crippen LogP) is 2.03. The minimum Gasteiger partial charge on any atom is -0.356 e. The lowest BCUT2D eigenvalue weighted by atomic mass is 9.98. The van der Waals surface area contributed by atoms with E-state index in [2.05, 4.69) is 15.6 Å². The Balaban J connectivity index is 1.82. The van der Waals surface area contributed by atoms with Crippen LogP contribution >= 0.6 is 11.8 Å². The van der Waals surface area contributed by atoms with E-state index in [9.17, 15) is 12.8 Å². The monoisotopic (exact) mass is 416 g/mol. The van der Waals surface area contributed by atoms with Gasteiger partial charge in [0.15, 0.2) is 5.96 Å². The van der Waals surface area contributed by atoms with Crippen molar-refractivity contribution in [2.75, 3.05) is 39.2 Å². The Morgan fingerprint density at radius 2 is 2.00 bits per heavy atom. The second-order valence-electron chi connectivity index (χ2n) is 6.76. The van der Waals surface area contributed by atoms with E-state index in [4.69, 9.17) is 0 Å². The molecule has 1 heterocycles. The van der Waals surface area contributed by atoms with E-state index in [1.807, 2.05) is 12.3 Å². The Labute approximate surface area is 166 Å². The number of thioether (sulfide) groups is 1. The zero-order valence-corrected chi connectivity index (χ0v) is 17.8. The van der Waals surface area contributed by atoms with Crippen LogP contribution < -0.4 is 10.6 Å². The van der Waals surface area contributed by atoms with E-state index >= 15 is 0 Å². The zero-order chi connectivity index (χ0) is 19.9. The van der Waals surface area contributed by atoms with Crippen LogP contribution in [-0.2, 0) is 22.3 Å². The molecule has 0 amide bonds. The van der Waals surface area contributed by atoms with Crippen LogP contribution in [0.3, 0.4) is 0 Å². The molecular weight excluding hydrogens is 387 g/mol. The van der Waals surface area contributed by atoms with Crippen LogP contribution in [0.5, 0.6) is 0 Å². The molecule has 9 heteroatoms. The van der Waals surface area contributed by atoms with E-state index in [-0.39, 0.29) is 5.82 Å². The number of nitrogens with one attached hydrogen (secondary N) is 2. The number of hydrogen-bond donors (Lipinski definition) is 2. The van der Waals surface area contributed by atoms with Gasteiger partial charge in [-0.05, 0) is 48.3 Å². The standard InChI is InChI=1S/C18H29FN4O2S2/c1-20-18(21-11-14-6-8-23(9-7-14)27(3,24)25)22-12-15-4-5-17(19)10-16(15)13-26-2/h4-5,10,14H,6-9,11-13H2,1-3H3,(H2,20,21,22). The molecule has 0 spiro atoms. The summed E-state index contributed by atoms with van der Waals surface area (Å²) in [5.74, 6) is 1.66. The normalized spacial score (nSPS) is 17.1. The van der Waals surface area contributed by atoms with Crippen LogP contribution in [0.2, 0.25) is 0 Å². The van der Waals surface area contributed by atoms with Gasteiger partial charge in [0, 0.05) is 39.0 Å². The van der Waals surface area contributed by atoms with Gasteiger partial charge in [0.2, 0.25) is 10.0 Å². The molecule has 1 saturated heterocycles. The van der Waals surface area contributed by atoms with E-state index in [0.717, 1.165) is 36.3 Å². The highest BCUT2D eigenvalue weighted by molar-refractivity contribution is 7.97. The van der Waals surface area contributed by atoms with Gasteiger partial charge in [-0.1, -0.05) is 6.07 Å². The molecule has 152 valence electrons. The lowest BCUT2D eigenvalue weighted by Crippen LogP contribution is -2.43. The molecule has 27 heavy (non-hydrogen) atoms. The van der Waals surface area contributed by atoms with Gasteiger partial charge in [0.1, 0.15) is 5.82 Å². The van der Waals surface area contributed by atoms with Gasteiger partial charge in [-0.2, -0.15) is 11.8 Å². The van der Waals surface area contributed by atoms with E-state index in [1.54, 1.807) is 29.2 Å². The molecule has 0 atom stereocenters. The number of benzene rings is 1. The predicted molar refractivity (Wildman–Crippen MR) is 111 cm³/mol. The average Bonchev–Trinajstić information content (AvgIpc) is 2.63. The lowest BCUT2D eigenvalue weighted by Gasteiger charge is -2.30. The van der Waals surface area contributed by atoms with Crippen molar-refractivity contribution in [3.8, 4) is 0 Å². The molecule has 0 bridgehead atoms. The Bertz CT molecular complexity index is 748. The average molecular weight is 417 g/mol. The van der Waals surface area contributed by atoms with Crippen molar-refractivity contribution in [3.63, 3.8) is 0 Å². The molecule has 1 aliphatic rings. The van der Waals surface area contributed by atoms with Crippen LogP contribution in [0.1, 0.15) is 24.0 Å². The molecule has 0 aliphatic carbocycles. The van der Waals surface area contributed by atoms with Gasteiger partial charge >= 0.3 is 0 Å². The van der Waals surface area contributed by atoms with Crippen molar-refractivity contribution < 1.29 is 12.8 Å². The zero-order valence-electron chi connectivity index (χ0n) is 16.2. The van der Waals surface area contributed by atoms with Gasteiger partial charge in [-0.15, -0.1) is 0 Å². The largest absolute Gasteiger partial charge is 0.356 e. The van der Waals surface area contributed by atoms with Crippen LogP contribution in [0.15, 0.2) is 23.2 Å². The summed E-state index contributed by atoms with van der Waals surface area (Å²) in [6.07, 6.45) is 4.94. The van der Waals surface area contributed by atoms with Gasteiger partial charge in [-0.3, -0.25) is 4.99 Å². The van der Waals surface area contributed by atoms with Crippen LogP contribution in [0.4, 0.5) is 4.39 Å². The van der Waals surface area contributed by atoms with Crippen LogP contribution in [-0.4, -0.2) is 57.9 Å². The fourth-order valence-corrected chi connectivity index (χ4v) is 4.60. The summed E-state index contributed by atoms with van der Waals surface area (Å²) in [6, 6.07) is 4.87. The van der Waals surface area contributed by atoms with E-state index < -0.39 is 10.0 Å². The second kappa shape index (κ2) is 10.3. The summed E-state index contributed by atoms with van der Waals surface area (Å²) in [5, 5.41) is 6.59. The third-order valence-corrected chi connectivity index (χ3v) is 6.64. The molecule has 1 aliphatic heterocycles. The molecule has 1 aromatic carbocycles. The number of guanidine groups is 1. The number of hydrogen-bond acceptors (Lipinski definition) is 4. The van der Waals surface area contributed by atoms with Crippen molar-refractivity contribution >= 4 is 27.7 Å². The first kappa shape index (κ1) is 22.0. The topological polar surface area (TPSA) is 73.8 Å². The lowest BCUT2D eigenvalue weighted by molar-refractivity contribution is 0.275. The third-order valence-electron chi connectivity index (χ3n) is 4.74. The SMILES string of the molecule is CN=C(NCc1ccc(F)cc1CSC)NCC1CCN(S(C)(=O)=O)CC1. The quantitative estimate of drug-likeness (QED) is 0.526. The molecule has 2 rings (SSSR count). The highest BCUT2D eigenvalue weighted by Gasteiger charge is 2.24. The molecular formula is C18H29FN4O2S2. The highest BCUT2D eigenvalue weighted by atomic mass is 32.2.